The van der Waals surface area contributed by atoms with Crippen molar-refractivity contribution >= 4 is 68.9 Å². The summed E-state index contributed by atoms with van der Waals surface area (Å²) < 4.78 is 19.7. The van der Waals surface area contributed by atoms with E-state index in [2.05, 4.69) is 131 Å². The molecule has 5 nitrogen and oxygen atoms in total. The van der Waals surface area contributed by atoms with E-state index >= 15 is 0 Å². The van der Waals surface area contributed by atoms with Crippen LogP contribution in [0.25, 0.3) is 66.1 Å². The van der Waals surface area contributed by atoms with E-state index in [0.717, 1.165) is 77.1 Å². The van der Waals surface area contributed by atoms with Crippen LogP contribution in [0.3, 0.4) is 0 Å². The number of rotatable bonds is 4. The molecule has 8 aromatic rings. The highest BCUT2D eigenvalue weighted by molar-refractivity contribution is 6.81. The lowest BCUT2D eigenvalue weighted by atomic mass is 9.68. The summed E-state index contributed by atoms with van der Waals surface area (Å²) in [6, 6.07) is 46.4. The fourth-order valence-electron chi connectivity index (χ4n) is 7.21. The van der Waals surface area contributed by atoms with Crippen LogP contribution in [-0.4, -0.2) is 23.9 Å². The van der Waals surface area contributed by atoms with Crippen molar-refractivity contribution in [3.05, 3.63) is 158 Å². The third-order valence-corrected chi connectivity index (χ3v) is 9.37. The van der Waals surface area contributed by atoms with Crippen molar-refractivity contribution in [3.8, 4) is 22.3 Å². The Morgan fingerprint density at radius 1 is 0.426 bits per heavy atom. The van der Waals surface area contributed by atoms with Crippen LogP contribution >= 0.6 is 0 Å². The van der Waals surface area contributed by atoms with Crippen molar-refractivity contribution in [1.82, 2.24) is 9.84 Å². The monoisotopic (exact) mass is 604 g/mol. The maximum absolute atomic E-state index is 6.94. The van der Waals surface area contributed by atoms with E-state index in [9.17, 15) is 0 Å². The van der Waals surface area contributed by atoms with Gasteiger partial charge in [-0.2, -0.15) is 0 Å². The normalized spacial score (nSPS) is 14.4. The van der Waals surface area contributed by atoms with E-state index < -0.39 is 0 Å². The fraction of sp³-hybridized carbons (Fsp3) is 0. The second-order valence-corrected chi connectivity index (χ2v) is 12.1. The molecule has 1 saturated heterocycles. The molecule has 0 radical (unpaired) electrons. The molecule has 0 aliphatic carbocycles. The van der Waals surface area contributed by atoms with Crippen molar-refractivity contribution in [2.75, 3.05) is 0 Å². The molecule has 0 N–H and O–H groups in total. The van der Waals surface area contributed by atoms with E-state index in [1.54, 1.807) is 0 Å². The molecule has 47 heavy (non-hydrogen) atoms. The average molecular weight is 604 g/mol. The number of hydrazine groups is 1. The minimum Gasteiger partial charge on any atom is -0.455 e. The summed E-state index contributed by atoms with van der Waals surface area (Å²) in [4.78, 5) is 4.33. The first-order valence-electron chi connectivity index (χ1n) is 15.9. The molecular weight excluding hydrogens is 578 g/mol. The van der Waals surface area contributed by atoms with E-state index in [1.807, 2.05) is 36.4 Å². The molecule has 0 unspecified atom stereocenters. The summed E-state index contributed by atoms with van der Waals surface area (Å²) in [7, 11) is -0.642. The summed E-state index contributed by atoms with van der Waals surface area (Å²) in [5.41, 5.74) is 10.0. The lowest BCUT2D eigenvalue weighted by molar-refractivity contribution is 0.309. The largest absolute Gasteiger partial charge is 0.456 e. The SMILES string of the molecule is C1=CN2B(c3cccc(-c4cccc5c4oc4ccccc45)c3)OB(c3cccc(-c4cccc5c4oc4ccccc45)c3)N2C=C1. The molecule has 4 heterocycles. The Labute approximate surface area is 271 Å². The first kappa shape index (κ1) is 26.3. The van der Waals surface area contributed by atoms with Gasteiger partial charge in [-0.3, -0.25) is 0 Å². The second-order valence-electron chi connectivity index (χ2n) is 12.1. The first-order chi connectivity index (χ1) is 23.3. The van der Waals surface area contributed by atoms with Gasteiger partial charge in [-0.05, 0) is 46.3 Å². The number of hydrogen-bond acceptors (Lipinski definition) is 5. The lowest BCUT2D eigenvalue weighted by Crippen LogP contribution is -2.48. The molecule has 7 heteroatoms. The lowest BCUT2D eigenvalue weighted by Gasteiger charge is -2.31. The summed E-state index contributed by atoms with van der Waals surface area (Å²) in [6.07, 6.45) is 8.26. The highest BCUT2D eigenvalue weighted by atomic mass is 16.4. The Bertz CT molecular complexity index is 2390. The van der Waals surface area contributed by atoms with Crippen LogP contribution in [0.5, 0.6) is 0 Å². The van der Waals surface area contributed by atoms with Gasteiger partial charge in [-0.25, -0.2) is 0 Å². The molecule has 0 spiro atoms. The van der Waals surface area contributed by atoms with Gasteiger partial charge in [0, 0.05) is 45.1 Å². The van der Waals surface area contributed by atoms with Gasteiger partial charge < -0.3 is 23.2 Å². The average Bonchev–Trinajstić information content (AvgIpc) is 3.83. The number of furan rings is 2. The van der Waals surface area contributed by atoms with Crippen LogP contribution in [0.1, 0.15) is 0 Å². The number of hydrogen-bond donors (Lipinski definition) is 0. The summed E-state index contributed by atoms with van der Waals surface area (Å²) in [5, 5.41) is 4.49. The number of para-hydroxylation sites is 4. The van der Waals surface area contributed by atoms with E-state index in [0.29, 0.717) is 0 Å². The number of benzene rings is 6. The third kappa shape index (κ3) is 4.10. The van der Waals surface area contributed by atoms with Crippen molar-refractivity contribution in [2.45, 2.75) is 0 Å². The molecule has 2 aliphatic heterocycles. The highest BCUT2D eigenvalue weighted by Gasteiger charge is 2.47. The van der Waals surface area contributed by atoms with Crippen molar-refractivity contribution in [2.24, 2.45) is 0 Å². The Kier molecular flexibility index (Phi) is 5.77. The highest BCUT2D eigenvalue weighted by Crippen LogP contribution is 2.37. The number of nitrogens with zero attached hydrogens (tertiary/aromatic N) is 2. The third-order valence-electron chi connectivity index (χ3n) is 9.37. The van der Waals surface area contributed by atoms with Gasteiger partial charge in [0.1, 0.15) is 22.3 Å². The fourth-order valence-corrected chi connectivity index (χ4v) is 7.21. The van der Waals surface area contributed by atoms with Crippen molar-refractivity contribution in [3.63, 3.8) is 0 Å². The van der Waals surface area contributed by atoms with Crippen molar-refractivity contribution < 1.29 is 13.4 Å². The van der Waals surface area contributed by atoms with Gasteiger partial charge in [-0.15, -0.1) is 0 Å². The zero-order chi connectivity index (χ0) is 30.9. The van der Waals surface area contributed by atoms with E-state index in [1.165, 1.54) is 0 Å². The molecule has 1 fully saturated rings. The zero-order valence-corrected chi connectivity index (χ0v) is 25.3. The molecular formula is C40H26B2N2O3. The predicted octanol–water partition coefficient (Wildman–Crippen LogP) is 8.50. The summed E-state index contributed by atoms with van der Waals surface area (Å²) in [6.45, 7) is 0. The quantitative estimate of drug-likeness (QED) is 0.189. The topological polar surface area (TPSA) is 42.0 Å². The Morgan fingerprint density at radius 2 is 0.872 bits per heavy atom. The maximum atomic E-state index is 6.94. The maximum Gasteiger partial charge on any atom is 0.456 e. The van der Waals surface area contributed by atoms with Crippen molar-refractivity contribution in [1.29, 1.82) is 0 Å². The van der Waals surface area contributed by atoms with Gasteiger partial charge >= 0.3 is 14.1 Å². The summed E-state index contributed by atoms with van der Waals surface area (Å²) in [5.74, 6) is 0. The molecule has 0 saturated carbocycles. The smallest absolute Gasteiger partial charge is 0.455 e. The molecule has 0 amide bonds. The molecule has 10 rings (SSSR count). The molecule has 6 aromatic carbocycles. The minimum atomic E-state index is -0.321. The number of allylic oxidation sites excluding steroid dienone is 2. The Hall–Kier alpha value is -5.91. The second kappa shape index (κ2) is 10.3. The Morgan fingerprint density at radius 3 is 1.38 bits per heavy atom. The number of fused-ring (bicyclic) bond motifs is 7. The van der Waals surface area contributed by atoms with Gasteiger partial charge in [0.05, 0.1) is 0 Å². The van der Waals surface area contributed by atoms with Crippen LogP contribution < -0.4 is 10.9 Å². The first-order valence-corrected chi connectivity index (χ1v) is 15.9. The minimum absolute atomic E-state index is 0.321. The molecule has 2 aliphatic rings. The van der Waals surface area contributed by atoms with Crippen LogP contribution in [0.2, 0.25) is 0 Å². The van der Waals surface area contributed by atoms with Crippen LogP contribution in [0.15, 0.2) is 167 Å². The van der Waals surface area contributed by atoms with Crippen LogP contribution in [0, 0.1) is 0 Å². The molecule has 0 atom stereocenters. The van der Waals surface area contributed by atoms with Gasteiger partial charge in [-0.1, -0.05) is 121 Å². The zero-order valence-electron chi connectivity index (χ0n) is 25.3. The Balaban J connectivity index is 1.03. The van der Waals surface area contributed by atoms with Gasteiger partial charge in [0.15, 0.2) is 0 Å². The molecule has 2 aromatic heterocycles. The van der Waals surface area contributed by atoms with Crippen LogP contribution in [-0.2, 0) is 4.57 Å². The standard InChI is InChI=1S/C40H26B2N2O3/c1-3-21-37-33(15-1)35-19-9-17-31(39(35)45-37)27-11-7-13-29(25-27)41-43-23-5-6-24-44(43)42(47-41)30-14-8-12-28(26-30)32-18-10-20-36-34-16-2-4-22-38(34)46-40(32)36/h1-26H. The van der Waals surface area contributed by atoms with E-state index in [-0.39, 0.29) is 14.1 Å². The predicted molar refractivity (Wildman–Crippen MR) is 192 cm³/mol. The van der Waals surface area contributed by atoms with Gasteiger partial charge in [0.2, 0.25) is 0 Å². The van der Waals surface area contributed by atoms with Gasteiger partial charge in [0.25, 0.3) is 0 Å². The van der Waals surface area contributed by atoms with E-state index in [4.69, 9.17) is 13.4 Å². The van der Waals surface area contributed by atoms with Crippen LogP contribution in [0.4, 0.5) is 0 Å². The molecule has 220 valence electrons. The summed E-state index contributed by atoms with van der Waals surface area (Å²) >= 11 is 0. The molecule has 0 bridgehead atoms.